The molecule has 0 amide bonds. The van der Waals surface area contributed by atoms with Crippen LogP contribution < -0.4 is 0 Å². The fraction of sp³-hybridized carbons (Fsp3) is 0.588. The number of rotatable bonds is 4. The second kappa shape index (κ2) is 5.36. The SMILES string of the molecule is CC1CCC(Cc2ccc(C(C)C)cc2)(C(=O)O)C1. The summed E-state index contributed by atoms with van der Waals surface area (Å²) in [6.07, 6.45) is 3.34. The molecule has 1 fully saturated rings. The van der Waals surface area contributed by atoms with E-state index in [2.05, 4.69) is 45.0 Å². The van der Waals surface area contributed by atoms with Crippen LogP contribution in [0, 0.1) is 11.3 Å². The van der Waals surface area contributed by atoms with Crippen LogP contribution in [0.15, 0.2) is 24.3 Å². The zero-order chi connectivity index (χ0) is 14.0. The molecular formula is C17H24O2. The van der Waals surface area contributed by atoms with E-state index in [9.17, 15) is 9.90 Å². The maximum absolute atomic E-state index is 11.6. The molecule has 0 saturated heterocycles. The van der Waals surface area contributed by atoms with Crippen LogP contribution in [-0.2, 0) is 11.2 Å². The van der Waals surface area contributed by atoms with Crippen LogP contribution in [0.2, 0.25) is 0 Å². The number of carboxylic acid groups (broad SMARTS) is 1. The molecule has 2 nitrogen and oxygen atoms in total. The second-order valence-electron chi connectivity index (χ2n) is 6.51. The fourth-order valence-electron chi connectivity index (χ4n) is 3.24. The van der Waals surface area contributed by atoms with Crippen LogP contribution >= 0.6 is 0 Å². The van der Waals surface area contributed by atoms with Crippen molar-refractivity contribution >= 4 is 5.97 Å². The Morgan fingerprint density at radius 2 is 2.00 bits per heavy atom. The molecule has 1 aliphatic carbocycles. The highest BCUT2D eigenvalue weighted by Crippen LogP contribution is 2.44. The van der Waals surface area contributed by atoms with E-state index in [0.717, 1.165) is 24.8 Å². The van der Waals surface area contributed by atoms with Crippen molar-refractivity contribution in [3.05, 3.63) is 35.4 Å². The number of hydrogen-bond acceptors (Lipinski definition) is 1. The van der Waals surface area contributed by atoms with Gasteiger partial charge in [0.15, 0.2) is 0 Å². The van der Waals surface area contributed by atoms with Gasteiger partial charge >= 0.3 is 5.97 Å². The van der Waals surface area contributed by atoms with E-state index in [1.54, 1.807) is 0 Å². The first-order valence-electron chi connectivity index (χ1n) is 7.25. The molecule has 2 unspecified atom stereocenters. The van der Waals surface area contributed by atoms with Gasteiger partial charge in [-0.25, -0.2) is 0 Å². The molecule has 0 aliphatic heterocycles. The third kappa shape index (κ3) is 2.99. The highest BCUT2D eigenvalue weighted by Gasteiger charge is 2.43. The minimum Gasteiger partial charge on any atom is -0.481 e. The van der Waals surface area contributed by atoms with Crippen molar-refractivity contribution in [3.8, 4) is 0 Å². The van der Waals surface area contributed by atoms with Gasteiger partial charge in [0.2, 0.25) is 0 Å². The quantitative estimate of drug-likeness (QED) is 0.879. The van der Waals surface area contributed by atoms with E-state index in [1.807, 2.05) is 0 Å². The van der Waals surface area contributed by atoms with Crippen molar-refractivity contribution in [2.24, 2.45) is 11.3 Å². The van der Waals surface area contributed by atoms with Gasteiger partial charge in [-0.2, -0.15) is 0 Å². The average molecular weight is 260 g/mol. The first-order valence-corrected chi connectivity index (χ1v) is 7.25. The third-order valence-corrected chi connectivity index (χ3v) is 4.50. The number of aliphatic carboxylic acids is 1. The minimum absolute atomic E-state index is 0.522. The molecule has 2 rings (SSSR count). The van der Waals surface area contributed by atoms with Crippen molar-refractivity contribution in [2.45, 2.75) is 52.4 Å². The summed E-state index contributed by atoms with van der Waals surface area (Å²) in [6.45, 7) is 6.51. The van der Waals surface area contributed by atoms with E-state index >= 15 is 0 Å². The van der Waals surface area contributed by atoms with Gasteiger partial charge in [-0.1, -0.05) is 45.0 Å². The molecule has 2 heteroatoms. The van der Waals surface area contributed by atoms with Gasteiger partial charge in [0.25, 0.3) is 0 Å². The Hall–Kier alpha value is -1.31. The monoisotopic (exact) mass is 260 g/mol. The number of carboxylic acids is 1. The first-order chi connectivity index (χ1) is 8.93. The normalized spacial score (nSPS) is 26.8. The van der Waals surface area contributed by atoms with Gasteiger partial charge in [-0.3, -0.25) is 4.79 Å². The van der Waals surface area contributed by atoms with Crippen LogP contribution in [0.25, 0.3) is 0 Å². The Morgan fingerprint density at radius 1 is 1.37 bits per heavy atom. The predicted octanol–water partition coefficient (Wildman–Crippen LogP) is 4.24. The maximum atomic E-state index is 11.6. The van der Waals surface area contributed by atoms with Crippen LogP contribution in [-0.4, -0.2) is 11.1 Å². The minimum atomic E-state index is -0.621. The highest BCUT2D eigenvalue weighted by atomic mass is 16.4. The van der Waals surface area contributed by atoms with Crippen LogP contribution in [0.1, 0.15) is 57.1 Å². The average Bonchev–Trinajstić information content (AvgIpc) is 2.73. The lowest BCUT2D eigenvalue weighted by molar-refractivity contribution is -0.148. The van der Waals surface area contributed by atoms with Gasteiger partial charge in [-0.15, -0.1) is 0 Å². The van der Waals surface area contributed by atoms with E-state index in [1.165, 1.54) is 5.56 Å². The summed E-state index contributed by atoms with van der Waals surface area (Å²) in [7, 11) is 0. The smallest absolute Gasteiger partial charge is 0.309 e. The topological polar surface area (TPSA) is 37.3 Å². The summed E-state index contributed by atoms with van der Waals surface area (Å²) in [5.41, 5.74) is 1.94. The molecule has 0 aromatic heterocycles. The largest absolute Gasteiger partial charge is 0.481 e. The molecule has 0 heterocycles. The molecule has 0 radical (unpaired) electrons. The Bertz CT molecular complexity index is 447. The fourth-order valence-corrected chi connectivity index (χ4v) is 3.24. The Morgan fingerprint density at radius 3 is 2.42 bits per heavy atom. The van der Waals surface area contributed by atoms with Crippen LogP contribution in [0.3, 0.4) is 0 Å². The van der Waals surface area contributed by atoms with Gasteiger partial charge in [-0.05, 0) is 48.6 Å². The summed E-state index contributed by atoms with van der Waals surface area (Å²) < 4.78 is 0. The van der Waals surface area contributed by atoms with Crippen LogP contribution in [0.4, 0.5) is 0 Å². The van der Waals surface area contributed by atoms with Crippen molar-refractivity contribution in [1.29, 1.82) is 0 Å². The Kier molecular flexibility index (Phi) is 3.98. The van der Waals surface area contributed by atoms with Gasteiger partial charge < -0.3 is 5.11 Å². The highest BCUT2D eigenvalue weighted by molar-refractivity contribution is 5.75. The standard InChI is InChI=1S/C17H24O2/c1-12(2)15-6-4-14(5-7-15)11-17(16(18)19)9-8-13(3)10-17/h4-7,12-13H,8-11H2,1-3H3,(H,18,19). The lowest BCUT2D eigenvalue weighted by Crippen LogP contribution is -2.30. The molecule has 2 atom stereocenters. The Balaban J connectivity index is 2.16. The summed E-state index contributed by atoms with van der Waals surface area (Å²) in [4.78, 5) is 11.6. The molecule has 1 aliphatic rings. The molecule has 1 aromatic carbocycles. The molecule has 0 spiro atoms. The lowest BCUT2D eigenvalue weighted by Gasteiger charge is -2.24. The molecule has 1 saturated carbocycles. The van der Waals surface area contributed by atoms with Gasteiger partial charge in [0, 0.05) is 0 Å². The van der Waals surface area contributed by atoms with Crippen molar-refractivity contribution in [2.75, 3.05) is 0 Å². The van der Waals surface area contributed by atoms with Gasteiger partial charge in [0.1, 0.15) is 0 Å². The predicted molar refractivity (Wildman–Crippen MR) is 77.3 cm³/mol. The molecule has 0 bridgehead atoms. The summed E-state index contributed by atoms with van der Waals surface area (Å²) in [5, 5.41) is 9.59. The number of benzene rings is 1. The third-order valence-electron chi connectivity index (χ3n) is 4.50. The van der Waals surface area contributed by atoms with Gasteiger partial charge in [0.05, 0.1) is 5.41 Å². The van der Waals surface area contributed by atoms with Crippen molar-refractivity contribution < 1.29 is 9.90 Å². The molecule has 1 N–H and O–H groups in total. The number of hydrogen-bond donors (Lipinski definition) is 1. The van der Waals surface area contributed by atoms with E-state index in [-0.39, 0.29) is 0 Å². The zero-order valence-electron chi connectivity index (χ0n) is 12.1. The maximum Gasteiger partial charge on any atom is 0.309 e. The lowest BCUT2D eigenvalue weighted by atomic mass is 9.79. The summed E-state index contributed by atoms with van der Waals surface area (Å²) in [5.74, 6) is 0.435. The van der Waals surface area contributed by atoms with E-state index < -0.39 is 11.4 Å². The van der Waals surface area contributed by atoms with Crippen molar-refractivity contribution in [1.82, 2.24) is 0 Å². The Labute approximate surface area is 115 Å². The molecule has 1 aromatic rings. The molecule has 104 valence electrons. The van der Waals surface area contributed by atoms with E-state index in [0.29, 0.717) is 18.3 Å². The molecule has 19 heavy (non-hydrogen) atoms. The second-order valence-corrected chi connectivity index (χ2v) is 6.51. The summed E-state index contributed by atoms with van der Waals surface area (Å²) in [6, 6.07) is 8.47. The first kappa shape index (κ1) is 14.1. The van der Waals surface area contributed by atoms with Crippen LogP contribution in [0.5, 0.6) is 0 Å². The zero-order valence-corrected chi connectivity index (χ0v) is 12.1. The van der Waals surface area contributed by atoms with Crippen molar-refractivity contribution in [3.63, 3.8) is 0 Å². The summed E-state index contributed by atoms with van der Waals surface area (Å²) >= 11 is 0. The number of carbonyl (C=O) groups is 1. The molecular weight excluding hydrogens is 236 g/mol. The van der Waals surface area contributed by atoms with E-state index in [4.69, 9.17) is 0 Å².